The average molecular weight is 585 g/mol. The maximum atomic E-state index is 13.6. The number of nitrogens with one attached hydrogen (secondary N) is 1. The Hall–Kier alpha value is -2.43. The van der Waals surface area contributed by atoms with Crippen LogP contribution in [-0.2, 0) is 10.0 Å². The van der Waals surface area contributed by atoms with E-state index in [2.05, 4.69) is 27.0 Å². The molecule has 0 bridgehead atoms. The second kappa shape index (κ2) is 14.6. The van der Waals surface area contributed by atoms with E-state index in [0.29, 0.717) is 30.5 Å². The Morgan fingerprint density at radius 3 is 2.46 bits per heavy atom. The van der Waals surface area contributed by atoms with Crippen molar-refractivity contribution in [1.29, 1.82) is 0 Å². The third kappa shape index (κ3) is 8.11. The lowest BCUT2D eigenvalue weighted by Crippen LogP contribution is -2.51. The number of sulfonamides is 1. The van der Waals surface area contributed by atoms with Crippen LogP contribution in [0.1, 0.15) is 77.6 Å². The molecule has 10 heteroatoms. The monoisotopic (exact) mass is 584 g/mol. The first-order valence-corrected chi connectivity index (χ1v) is 17.3. The summed E-state index contributed by atoms with van der Waals surface area (Å²) in [7, 11) is -3.55. The van der Waals surface area contributed by atoms with E-state index in [-0.39, 0.29) is 12.1 Å². The van der Waals surface area contributed by atoms with E-state index in [1.807, 2.05) is 12.3 Å². The predicted molar refractivity (Wildman–Crippen MR) is 164 cm³/mol. The molecule has 2 atom stereocenters. The van der Waals surface area contributed by atoms with Gasteiger partial charge in [0.2, 0.25) is 16.0 Å². The van der Waals surface area contributed by atoms with Gasteiger partial charge in [-0.25, -0.2) is 13.4 Å². The number of rotatable bonds is 10. The molecule has 3 saturated heterocycles. The highest BCUT2D eigenvalue weighted by Crippen LogP contribution is 2.27. The van der Waals surface area contributed by atoms with Crippen LogP contribution >= 0.6 is 0 Å². The van der Waals surface area contributed by atoms with E-state index < -0.39 is 10.0 Å². The molecular weight excluding hydrogens is 536 g/mol. The Kier molecular flexibility index (Phi) is 10.7. The number of benzene rings is 1. The molecule has 1 aromatic carbocycles. The Labute approximate surface area is 246 Å². The van der Waals surface area contributed by atoms with Gasteiger partial charge in [0, 0.05) is 51.0 Å². The minimum atomic E-state index is -3.55. The molecule has 2 unspecified atom stereocenters. The maximum Gasteiger partial charge on any atom is 0.243 e. The molecule has 3 aliphatic heterocycles. The molecule has 0 spiro atoms. The lowest BCUT2D eigenvalue weighted by Gasteiger charge is -2.39. The lowest BCUT2D eigenvalue weighted by molar-refractivity contribution is 0.136. The zero-order chi connectivity index (χ0) is 28.5. The van der Waals surface area contributed by atoms with Crippen LogP contribution in [0.25, 0.3) is 0 Å². The molecule has 9 nitrogen and oxygen atoms in total. The molecule has 3 aliphatic rings. The Morgan fingerprint density at radius 2 is 1.68 bits per heavy atom. The van der Waals surface area contributed by atoms with Gasteiger partial charge in [-0.05, 0) is 81.8 Å². The van der Waals surface area contributed by atoms with E-state index >= 15 is 0 Å². The smallest absolute Gasteiger partial charge is 0.243 e. The molecule has 1 aromatic heterocycles. The number of hydrogen-bond donors (Lipinski definition) is 1. The summed E-state index contributed by atoms with van der Waals surface area (Å²) in [6.07, 6.45) is 14.2. The number of nitrogens with zero attached hydrogens (tertiary/aromatic N) is 5. The van der Waals surface area contributed by atoms with Crippen molar-refractivity contribution in [2.24, 2.45) is 0 Å². The van der Waals surface area contributed by atoms with Gasteiger partial charge in [-0.2, -0.15) is 9.29 Å². The van der Waals surface area contributed by atoms with Gasteiger partial charge in [0.1, 0.15) is 11.6 Å². The van der Waals surface area contributed by atoms with Crippen molar-refractivity contribution in [2.75, 3.05) is 56.1 Å². The minimum Gasteiger partial charge on any atom is -0.494 e. The van der Waals surface area contributed by atoms with Crippen LogP contribution in [0.2, 0.25) is 0 Å². The summed E-state index contributed by atoms with van der Waals surface area (Å²) in [6.45, 7) is 7.87. The van der Waals surface area contributed by atoms with Gasteiger partial charge in [0.15, 0.2) is 0 Å². The summed E-state index contributed by atoms with van der Waals surface area (Å²) in [6, 6.07) is 9.40. The fourth-order valence-electron chi connectivity index (χ4n) is 6.33. The topological polar surface area (TPSA) is 90.9 Å². The van der Waals surface area contributed by atoms with Gasteiger partial charge in [-0.3, -0.25) is 4.90 Å². The SMILES string of the molecule is CCCCOc1ccc(S(=O)(=O)N2CCCC(N3CCCCC(Nc4nccc(N5CCCCCC5)n4)C3)C2)cc1. The van der Waals surface area contributed by atoms with Crippen LogP contribution in [0.5, 0.6) is 5.75 Å². The molecule has 0 aliphatic carbocycles. The summed E-state index contributed by atoms with van der Waals surface area (Å²) in [5.74, 6) is 2.44. The summed E-state index contributed by atoms with van der Waals surface area (Å²) in [5, 5.41) is 3.64. The van der Waals surface area contributed by atoms with Gasteiger partial charge in [0.05, 0.1) is 11.5 Å². The molecule has 2 aromatic rings. The Morgan fingerprint density at radius 1 is 0.902 bits per heavy atom. The number of piperidine rings is 1. The number of aromatic nitrogens is 2. The standard InChI is InChI=1S/C31H48N6O3S/c1-2-3-23-40-28-13-15-29(16-14-28)41(38,39)37-22-10-12-27(25-37)36-21-9-6-11-26(24-36)33-31-32-18-17-30(34-31)35-19-7-4-5-8-20-35/h13-18,26-27H,2-12,19-25H2,1H3,(H,32,33,34). The molecule has 0 radical (unpaired) electrons. The number of unbranched alkanes of at least 4 members (excludes halogenated alkanes) is 1. The van der Waals surface area contributed by atoms with E-state index in [1.165, 1.54) is 25.7 Å². The first-order valence-electron chi connectivity index (χ1n) is 15.8. The Balaban J connectivity index is 1.20. The number of likely N-dealkylation sites (tertiary alicyclic amines) is 1. The first kappa shape index (κ1) is 30.0. The molecule has 5 rings (SSSR count). The number of anilines is 2. The zero-order valence-electron chi connectivity index (χ0n) is 24.7. The van der Waals surface area contributed by atoms with Crippen LogP contribution in [0.15, 0.2) is 41.4 Å². The van der Waals surface area contributed by atoms with Crippen LogP contribution in [-0.4, -0.2) is 85.5 Å². The van der Waals surface area contributed by atoms with Crippen LogP contribution in [0.4, 0.5) is 11.8 Å². The number of hydrogen-bond acceptors (Lipinski definition) is 8. The molecule has 226 valence electrons. The molecule has 41 heavy (non-hydrogen) atoms. The van der Waals surface area contributed by atoms with Crippen LogP contribution < -0.4 is 15.0 Å². The zero-order valence-corrected chi connectivity index (χ0v) is 25.5. The van der Waals surface area contributed by atoms with Crippen molar-refractivity contribution in [3.05, 3.63) is 36.5 Å². The summed E-state index contributed by atoms with van der Waals surface area (Å²) in [4.78, 5) is 14.7. The largest absolute Gasteiger partial charge is 0.494 e. The quantitative estimate of drug-likeness (QED) is 0.383. The maximum absolute atomic E-state index is 13.6. The van der Waals surface area contributed by atoms with E-state index in [4.69, 9.17) is 9.72 Å². The molecule has 0 amide bonds. The second-order valence-corrected chi connectivity index (χ2v) is 13.7. The van der Waals surface area contributed by atoms with E-state index in [9.17, 15) is 8.42 Å². The highest BCUT2D eigenvalue weighted by molar-refractivity contribution is 7.89. The van der Waals surface area contributed by atoms with Gasteiger partial charge in [-0.15, -0.1) is 0 Å². The molecule has 4 heterocycles. The fraction of sp³-hybridized carbons (Fsp3) is 0.677. The van der Waals surface area contributed by atoms with Crippen LogP contribution in [0, 0.1) is 0 Å². The highest BCUT2D eigenvalue weighted by Gasteiger charge is 2.34. The van der Waals surface area contributed by atoms with Gasteiger partial charge in [0.25, 0.3) is 0 Å². The fourth-order valence-corrected chi connectivity index (χ4v) is 7.84. The minimum absolute atomic E-state index is 0.210. The average Bonchev–Trinajstić information content (AvgIpc) is 3.42. The van der Waals surface area contributed by atoms with E-state index in [1.54, 1.807) is 28.6 Å². The predicted octanol–water partition coefficient (Wildman–Crippen LogP) is 5.16. The first-order chi connectivity index (χ1) is 20.0. The van der Waals surface area contributed by atoms with Gasteiger partial charge < -0.3 is 15.0 Å². The second-order valence-electron chi connectivity index (χ2n) is 11.8. The Bertz CT molecular complexity index is 1190. The van der Waals surface area contributed by atoms with Gasteiger partial charge in [-0.1, -0.05) is 32.6 Å². The van der Waals surface area contributed by atoms with Crippen molar-refractivity contribution in [3.8, 4) is 5.75 Å². The molecular formula is C31H48N6O3S. The third-order valence-corrected chi connectivity index (χ3v) is 10.6. The van der Waals surface area contributed by atoms with Gasteiger partial charge >= 0.3 is 0 Å². The third-order valence-electron chi connectivity index (χ3n) is 8.71. The molecule has 1 N–H and O–H groups in total. The van der Waals surface area contributed by atoms with Crippen molar-refractivity contribution in [2.45, 2.75) is 94.5 Å². The normalized spacial score (nSPS) is 23.5. The summed E-state index contributed by atoms with van der Waals surface area (Å²) >= 11 is 0. The lowest BCUT2D eigenvalue weighted by atomic mass is 10.1. The van der Waals surface area contributed by atoms with Crippen molar-refractivity contribution >= 4 is 21.8 Å². The highest BCUT2D eigenvalue weighted by atomic mass is 32.2. The van der Waals surface area contributed by atoms with Crippen molar-refractivity contribution < 1.29 is 13.2 Å². The van der Waals surface area contributed by atoms with Crippen molar-refractivity contribution in [3.63, 3.8) is 0 Å². The van der Waals surface area contributed by atoms with Crippen molar-refractivity contribution in [1.82, 2.24) is 19.2 Å². The summed E-state index contributed by atoms with van der Waals surface area (Å²) in [5.41, 5.74) is 0. The van der Waals surface area contributed by atoms with E-state index in [0.717, 1.165) is 82.7 Å². The molecule has 0 saturated carbocycles. The molecule has 3 fully saturated rings. The van der Waals surface area contributed by atoms with Crippen LogP contribution in [0.3, 0.4) is 0 Å². The summed E-state index contributed by atoms with van der Waals surface area (Å²) < 4.78 is 34.6. The number of ether oxygens (including phenoxy) is 1.